The Balaban J connectivity index is 1.54. The maximum atomic E-state index is 12.9. The van der Waals surface area contributed by atoms with Gasteiger partial charge in [-0.3, -0.25) is 4.79 Å². The molecule has 1 atom stereocenters. The van der Waals surface area contributed by atoms with Gasteiger partial charge in [-0.25, -0.2) is 4.98 Å². The molecule has 8 heteroatoms. The van der Waals surface area contributed by atoms with Crippen molar-refractivity contribution in [1.29, 1.82) is 0 Å². The number of piperidine rings is 1. The van der Waals surface area contributed by atoms with E-state index in [9.17, 15) is 4.79 Å². The van der Waals surface area contributed by atoms with E-state index in [0.717, 1.165) is 47.2 Å². The highest BCUT2D eigenvalue weighted by Crippen LogP contribution is 2.33. The monoisotopic (exact) mass is 427 g/mol. The molecular formula is C21H25N5OS2. The number of hydrogen-bond donors (Lipinski definition) is 3. The molecule has 0 radical (unpaired) electrons. The number of hydrogen-bond acceptors (Lipinski definition) is 7. The topological polar surface area (TPSA) is 97.3 Å². The molecule has 1 unspecified atom stereocenters. The van der Waals surface area contributed by atoms with Gasteiger partial charge < -0.3 is 21.7 Å². The first-order valence-corrected chi connectivity index (χ1v) is 11.6. The summed E-state index contributed by atoms with van der Waals surface area (Å²) in [7, 11) is 0. The molecule has 1 saturated heterocycles. The molecule has 1 fully saturated rings. The maximum absolute atomic E-state index is 12.9. The van der Waals surface area contributed by atoms with Crippen LogP contribution in [0.25, 0.3) is 9.88 Å². The fourth-order valence-electron chi connectivity index (χ4n) is 3.76. The molecule has 0 spiro atoms. The Labute approximate surface area is 178 Å². The first-order chi connectivity index (χ1) is 14.1. The highest BCUT2D eigenvalue weighted by atomic mass is 32.1. The fraction of sp³-hybridized carbons (Fsp3) is 0.333. The third kappa shape index (κ3) is 4.60. The van der Waals surface area contributed by atoms with E-state index in [1.807, 2.05) is 35.7 Å². The van der Waals surface area contributed by atoms with Crippen LogP contribution < -0.4 is 21.7 Å². The molecular weight excluding hydrogens is 402 g/mol. The van der Waals surface area contributed by atoms with Crippen molar-refractivity contribution < 1.29 is 4.79 Å². The number of rotatable bonds is 6. The Bertz CT molecular complexity index is 967. The summed E-state index contributed by atoms with van der Waals surface area (Å²) in [6.45, 7) is 2.62. The van der Waals surface area contributed by atoms with Crippen LogP contribution in [0.3, 0.4) is 0 Å². The van der Waals surface area contributed by atoms with E-state index in [2.05, 4.69) is 15.2 Å². The molecule has 1 aliphatic heterocycles. The third-order valence-electron chi connectivity index (χ3n) is 5.17. The SMILES string of the molecule is NCCC1CCCN(c2ccc(N)cc2NC(=O)c2csc(-c3cccs3)n2)C1. The van der Waals surface area contributed by atoms with Crippen LogP contribution in [0, 0.1) is 5.92 Å². The first kappa shape index (κ1) is 19.9. The summed E-state index contributed by atoms with van der Waals surface area (Å²) in [5, 5.41) is 7.70. The largest absolute Gasteiger partial charge is 0.399 e. The number of carbonyl (C=O) groups excluding carboxylic acids is 1. The van der Waals surface area contributed by atoms with Gasteiger partial charge in [-0.05, 0) is 61.4 Å². The van der Waals surface area contributed by atoms with Crippen LogP contribution in [0.15, 0.2) is 41.1 Å². The minimum atomic E-state index is -0.216. The van der Waals surface area contributed by atoms with Gasteiger partial charge in [0.15, 0.2) is 0 Å². The van der Waals surface area contributed by atoms with E-state index >= 15 is 0 Å². The zero-order valence-electron chi connectivity index (χ0n) is 16.1. The minimum absolute atomic E-state index is 0.216. The molecule has 152 valence electrons. The minimum Gasteiger partial charge on any atom is -0.399 e. The summed E-state index contributed by atoms with van der Waals surface area (Å²) >= 11 is 3.10. The Morgan fingerprint density at radius 2 is 2.21 bits per heavy atom. The molecule has 1 aromatic carbocycles. The lowest BCUT2D eigenvalue weighted by molar-refractivity contribution is 0.102. The summed E-state index contributed by atoms with van der Waals surface area (Å²) in [6, 6.07) is 9.70. The van der Waals surface area contributed by atoms with Crippen molar-refractivity contribution >= 4 is 45.6 Å². The van der Waals surface area contributed by atoms with Crippen LogP contribution in [0.1, 0.15) is 29.8 Å². The van der Waals surface area contributed by atoms with Gasteiger partial charge in [0.05, 0.1) is 16.3 Å². The van der Waals surface area contributed by atoms with Crippen LogP contribution in [-0.4, -0.2) is 30.5 Å². The average Bonchev–Trinajstić information content (AvgIpc) is 3.40. The Kier molecular flexibility index (Phi) is 6.13. The number of carbonyl (C=O) groups is 1. The van der Waals surface area contributed by atoms with Gasteiger partial charge in [0, 0.05) is 24.2 Å². The van der Waals surface area contributed by atoms with E-state index in [0.29, 0.717) is 23.8 Å². The number of nitrogens with two attached hydrogens (primary N) is 2. The number of nitrogen functional groups attached to an aromatic ring is 1. The molecule has 0 saturated carbocycles. The van der Waals surface area contributed by atoms with E-state index in [4.69, 9.17) is 11.5 Å². The number of anilines is 3. The molecule has 6 nitrogen and oxygen atoms in total. The molecule has 5 N–H and O–H groups in total. The van der Waals surface area contributed by atoms with Crippen LogP contribution in [0.4, 0.5) is 17.1 Å². The smallest absolute Gasteiger partial charge is 0.275 e. The van der Waals surface area contributed by atoms with Crippen molar-refractivity contribution in [1.82, 2.24) is 4.98 Å². The van der Waals surface area contributed by atoms with Crippen LogP contribution >= 0.6 is 22.7 Å². The van der Waals surface area contributed by atoms with Gasteiger partial charge in [-0.2, -0.15) is 0 Å². The Morgan fingerprint density at radius 3 is 3.00 bits per heavy atom. The van der Waals surface area contributed by atoms with Gasteiger partial charge >= 0.3 is 0 Å². The lowest BCUT2D eigenvalue weighted by Crippen LogP contribution is -2.36. The van der Waals surface area contributed by atoms with Gasteiger partial charge in [0.25, 0.3) is 5.91 Å². The maximum Gasteiger partial charge on any atom is 0.275 e. The van der Waals surface area contributed by atoms with Crippen LogP contribution in [-0.2, 0) is 0 Å². The van der Waals surface area contributed by atoms with Crippen molar-refractivity contribution in [3.8, 4) is 9.88 Å². The number of thiophene rings is 1. The van der Waals surface area contributed by atoms with Crippen LogP contribution in [0.5, 0.6) is 0 Å². The fourth-order valence-corrected chi connectivity index (χ4v) is 5.38. The Hall–Kier alpha value is -2.42. The zero-order chi connectivity index (χ0) is 20.2. The highest BCUT2D eigenvalue weighted by Gasteiger charge is 2.23. The van der Waals surface area contributed by atoms with Gasteiger partial charge in [0.2, 0.25) is 0 Å². The normalized spacial score (nSPS) is 16.7. The second kappa shape index (κ2) is 8.94. The lowest BCUT2D eigenvalue weighted by atomic mass is 9.94. The number of benzene rings is 1. The lowest BCUT2D eigenvalue weighted by Gasteiger charge is -2.35. The zero-order valence-corrected chi connectivity index (χ0v) is 17.8. The van der Waals surface area contributed by atoms with Crippen molar-refractivity contribution in [3.05, 3.63) is 46.8 Å². The van der Waals surface area contributed by atoms with E-state index in [-0.39, 0.29) is 5.91 Å². The van der Waals surface area contributed by atoms with Gasteiger partial charge in [-0.1, -0.05) is 6.07 Å². The molecule has 3 aromatic rings. The number of aromatic nitrogens is 1. The summed E-state index contributed by atoms with van der Waals surface area (Å²) in [5.41, 5.74) is 14.6. The predicted molar refractivity (Wildman–Crippen MR) is 123 cm³/mol. The van der Waals surface area contributed by atoms with E-state index < -0.39 is 0 Å². The number of nitrogens with one attached hydrogen (secondary N) is 1. The molecule has 4 rings (SSSR count). The van der Waals surface area contributed by atoms with E-state index in [1.165, 1.54) is 17.8 Å². The molecule has 3 heterocycles. The second-order valence-corrected chi connectivity index (χ2v) is 9.08. The Morgan fingerprint density at radius 1 is 1.31 bits per heavy atom. The third-order valence-corrected chi connectivity index (χ3v) is 7.05. The van der Waals surface area contributed by atoms with Crippen molar-refractivity contribution in [2.75, 3.05) is 35.6 Å². The standard InChI is InChI=1S/C21H25N5OS2/c22-8-7-14-3-1-9-26(12-14)18-6-5-15(23)11-16(18)24-20(27)17-13-29-21(25-17)19-4-2-10-28-19/h2,4-6,10-11,13-14H,1,3,7-9,12,22-23H2,(H,24,27). The summed E-state index contributed by atoms with van der Waals surface area (Å²) in [4.78, 5) is 20.8. The molecule has 2 aromatic heterocycles. The van der Waals surface area contributed by atoms with E-state index in [1.54, 1.807) is 16.7 Å². The summed E-state index contributed by atoms with van der Waals surface area (Å²) in [5.74, 6) is 0.369. The number of thiazole rings is 1. The van der Waals surface area contributed by atoms with Gasteiger partial charge in [0.1, 0.15) is 10.7 Å². The quantitative estimate of drug-likeness (QED) is 0.510. The molecule has 0 aliphatic carbocycles. The summed E-state index contributed by atoms with van der Waals surface area (Å²) < 4.78 is 0. The summed E-state index contributed by atoms with van der Waals surface area (Å²) in [6.07, 6.45) is 3.35. The molecule has 1 aliphatic rings. The highest BCUT2D eigenvalue weighted by molar-refractivity contribution is 7.20. The van der Waals surface area contributed by atoms with Crippen molar-refractivity contribution in [2.24, 2.45) is 11.7 Å². The molecule has 0 bridgehead atoms. The van der Waals surface area contributed by atoms with Crippen molar-refractivity contribution in [3.63, 3.8) is 0 Å². The van der Waals surface area contributed by atoms with Crippen molar-refractivity contribution in [2.45, 2.75) is 19.3 Å². The molecule has 29 heavy (non-hydrogen) atoms. The number of nitrogens with zero attached hydrogens (tertiary/aromatic N) is 2. The predicted octanol–water partition coefficient (Wildman–Crippen LogP) is 4.27. The number of amides is 1. The van der Waals surface area contributed by atoms with Crippen LogP contribution in [0.2, 0.25) is 0 Å². The van der Waals surface area contributed by atoms with Gasteiger partial charge in [-0.15, -0.1) is 22.7 Å². The molecule has 1 amide bonds. The first-order valence-electron chi connectivity index (χ1n) is 9.79. The average molecular weight is 428 g/mol. The second-order valence-electron chi connectivity index (χ2n) is 7.28.